The van der Waals surface area contributed by atoms with Gasteiger partial charge >= 0.3 is 18.2 Å². The molecule has 2 aromatic carbocycles. The molecule has 3 atom stereocenters. The maximum Gasteiger partial charge on any atom is 0.493 e. The van der Waals surface area contributed by atoms with Gasteiger partial charge in [-0.3, -0.25) is 0 Å². The molecule has 0 saturated carbocycles. The zero-order valence-corrected chi connectivity index (χ0v) is 25.0. The summed E-state index contributed by atoms with van der Waals surface area (Å²) in [5, 5.41) is 14.5. The Morgan fingerprint density at radius 2 is 1.93 bits per heavy atom. The normalized spacial score (nSPS) is 20.9. The zero-order valence-electron chi connectivity index (χ0n) is 25.0. The van der Waals surface area contributed by atoms with E-state index in [1.807, 2.05) is 0 Å². The standard InChI is InChI=1S/C30H35F4N7O4/c1-19-12-23(27-36-37-38-39(27)2)15-25(13-19)35-29(43)41(45-28(42)30(32,33)34)26-18-44-11-9-22(26)17-40-10-3-4-21(16-40)14-20-5-7-24(31)8-6-20/h5-8,12-13,15,21-22,26H,3-4,9-11,14,16-18H2,1-2H3,(H,35,43)/t21-,22-,26+/m0/s1. The van der Waals surface area contributed by atoms with E-state index >= 15 is 0 Å². The Balaban J connectivity index is 1.33. The van der Waals surface area contributed by atoms with Gasteiger partial charge in [-0.25, -0.2) is 18.7 Å². The maximum absolute atomic E-state index is 13.6. The fourth-order valence-electron chi connectivity index (χ4n) is 6.05. The van der Waals surface area contributed by atoms with Gasteiger partial charge in [-0.05, 0) is 97.0 Å². The first-order chi connectivity index (χ1) is 21.5. The molecule has 11 nitrogen and oxygen atoms in total. The average Bonchev–Trinajstić information content (AvgIpc) is 3.42. The van der Waals surface area contributed by atoms with Crippen molar-refractivity contribution in [3.63, 3.8) is 0 Å². The van der Waals surface area contributed by atoms with Gasteiger partial charge in [0.2, 0.25) is 0 Å². The van der Waals surface area contributed by atoms with Gasteiger partial charge in [-0.2, -0.15) is 13.2 Å². The third-order valence-electron chi connectivity index (χ3n) is 8.12. The number of anilines is 1. The molecule has 2 aliphatic heterocycles. The Kier molecular flexibility index (Phi) is 9.97. The van der Waals surface area contributed by atoms with E-state index in [0.717, 1.165) is 43.5 Å². The summed E-state index contributed by atoms with van der Waals surface area (Å²) in [6.07, 6.45) is -2.19. The molecule has 2 aliphatic rings. The highest BCUT2D eigenvalue weighted by atomic mass is 19.4. The van der Waals surface area contributed by atoms with Crippen molar-refractivity contribution >= 4 is 17.7 Å². The molecule has 242 valence electrons. The lowest BCUT2D eigenvalue weighted by Crippen LogP contribution is -2.55. The third-order valence-corrected chi connectivity index (χ3v) is 8.12. The second kappa shape index (κ2) is 13.9. The summed E-state index contributed by atoms with van der Waals surface area (Å²) >= 11 is 0. The van der Waals surface area contributed by atoms with Gasteiger partial charge in [-0.1, -0.05) is 12.1 Å². The van der Waals surface area contributed by atoms with Crippen molar-refractivity contribution in [1.82, 2.24) is 30.2 Å². The van der Waals surface area contributed by atoms with Crippen LogP contribution in [-0.4, -0.2) is 87.2 Å². The van der Waals surface area contributed by atoms with E-state index in [4.69, 9.17) is 9.57 Å². The Hall–Kier alpha value is -4.11. The van der Waals surface area contributed by atoms with Crippen molar-refractivity contribution in [1.29, 1.82) is 0 Å². The molecular formula is C30H35F4N7O4. The van der Waals surface area contributed by atoms with E-state index in [1.165, 1.54) is 16.8 Å². The lowest BCUT2D eigenvalue weighted by molar-refractivity contribution is -0.240. The molecule has 5 rings (SSSR count). The number of aryl methyl sites for hydroxylation is 2. The number of halogens is 4. The van der Waals surface area contributed by atoms with Crippen LogP contribution >= 0.6 is 0 Å². The summed E-state index contributed by atoms with van der Waals surface area (Å²) in [6, 6.07) is 9.39. The lowest BCUT2D eigenvalue weighted by Gasteiger charge is -2.41. The number of nitrogens with zero attached hydrogens (tertiary/aromatic N) is 6. The van der Waals surface area contributed by atoms with E-state index in [-0.39, 0.29) is 24.0 Å². The molecule has 2 saturated heterocycles. The highest BCUT2D eigenvalue weighted by molar-refractivity contribution is 5.91. The fourth-order valence-corrected chi connectivity index (χ4v) is 6.05. The van der Waals surface area contributed by atoms with Crippen molar-refractivity contribution in [2.45, 2.75) is 44.8 Å². The zero-order chi connectivity index (χ0) is 32.1. The summed E-state index contributed by atoms with van der Waals surface area (Å²) in [6.45, 7) is 4.00. The first-order valence-corrected chi connectivity index (χ1v) is 14.7. The number of carbonyl (C=O) groups is 2. The van der Waals surface area contributed by atoms with Crippen LogP contribution in [0.1, 0.15) is 30.4 Å². The second-order valence-electron chi connectivity index (χ2n) is 11.6. The molecule has 2 fully saturated rings. The van der Waals surface area contributed by atoms with E-state index < -0.39 is 24.2 Å². The highest BCUT2D eigenvalue weighted by Crippen LogP contribution is 2.29. The first-order valence-electron chi connectivity index (χ1n) is 14.7. The number of hydrogen-bond acceptors (Lipinski definition) is 8. The predicted octanol–water partition coefficient (Wildman–Crippen LogP) is 4.54. The number of aromatic nitrogens is 4. The number of amides is 2. The number of hydroxylamine groups is 2. The van der Waals surface area contributed by atoms with Crippen molar-refractivity contribution in [2.24, 2.45) is 18.9 Å². The predicted molar refractivity (Wildman–Crippen MR) is 154 cm³/mol. The van der Waals surface area contributed by atoms with Crippen LogP contribution < -0.4 is 5.32 Å². The van der Waals surface area contributed by atoms with Crippen LogP contribution in [0.2, 0.25) is 0 Å². The minimum atomic E-state index is -5.32. The molecule has 1 N–H and O–H groups in total. The molecule has 1 aromatic heterocycles. The molecule has 0 radical (unpaired) electrons. The number of piperidine rings is 1. The SMILES string of the molecule is Cc1cc(NC(=O)N(OC(=O)C(F)(F)F)[C@@H]2COCC[C@H]2CN2CCC[C@@H](Cc3ccc(F)cc3)C2)cc(-c2nnnn2C)c1. The summed E-state index contributed by atoms with van der Waals surface area (Å²) in [7, 11) is 1.64. The number of rotatable bonds is 7. The van der Waals surface area contributed by atoms with Crippen LogP contribution in [0.15, 0.2) is 42.5 Å². The Labute approximate surface area is 257 Å². The molecule has 15 heteroatoms. The van der Waals surface area contributed by atoms with Crippen LogP contribution in [0.25, 0.3) is 11.4 Å². The minimum Gasteiger partial charge on any atom is -0.379 e. The van der Waals surface area contributed by atoms with Gasteiger partial charge in [0, 0.05) is 43.9 Å². The monoisotopic (exact) mass is 633 g/mol. The van der Waals surface area contributed by atoms with Gasteiger partial charge in [0.1, 0.15) is 5.82 Å². The minimum absolute atomic E-state index is 0.111. The van der Waals surface area contributed by atoms with Gasteiger partial charge < -0.3 is 19.8 Å². The van der Waals surface area contributed by atoms with Crippen LogP contribution in [0, 0.1) is 24.6 Å². The van der Waals surface area contributed by atoms with E-state index in [0.29, 0.717) is 41.9 Å². The average molecular weight is 634 g/mol. The summed E-state index contributed by atoms with van der Waals surface area (Å²) in [4.78, 5) is 32.6. The largest absolute Gasteiger partial charge is 0.493 e. The molecular weight excluding hydrogens is 598 g/mol. The van der Waals surface area contributed by atoms with Gasteiger partial charge in [0.05, 0.1) is 12.6 Å². The van der Waals surface area contributed by atoms with Gasteiger partial charge in [-0.15, -0.1) is 10.2 Å². The first kappa shape index (κ1) is 32.3. The summed E-state index contributed by atoms with van der Waals surface area (Å²) in [5.41, 5.74) is 2.57. The number of carbonyl (C=O) groups excluding carboxylic acids is 2. The number of likely N-dealkylation sites (tertiary alicyclic amines) is 1. The number of nitrogens with one attached hydrogen (secondary N) is 1. The Bertz CT molecular complexity index is 1480. The van der Waals surface area contributed by atoms with Gasteiger partial charge in [0.15, 0.2) is 5.82 Å². The molecule has 0 spiro atoms. The van der Waals surface area contributed by atoms with Crippen molar-refractivity contribution in [3.05, 3.63) is 59.4 Å². The topological polar surface area (TPSA) is 115 Å². The molecule has 0 aliphatic carbocycles. The third kappa shape index (κ3) is 8.34. The fraction of sp³-hybridized carbons (Fsp3) is 0.500. The van der Waals surface area contributed by atoms with Crippen molar-refractivity contribution in [3.8, 4) is 11.4 Å². The number of alkyl halides is 3. The molecule has 0 bridgehead atoms. The molecule has 2 amide bonds. The number of urea groups is 1. The van der Waals surface area contributed by atoms with Crippen LogP contribution in [-0.2, 0) is 27.8 Å². The molecule has 45 heavy (non-hydrogen) atoms. The van der Waals surface area contributed by atoms with Crippen molar-refractivity contribution < 1.29 is 36.7 Å². The second-order valence-corrected chi connectivity index (χ2v) is 11.6. The quantitative estimate of drug-likeness (QED) is 0.298. The number of ether oxygens (including phenoxy) is 1. The van der Waals surface area contributed by atoms with Crippen molar-refractivity contribution in [2.75, 3.05) is 38.2 Å². The summed E-state index contributed by atoms with van der Waals surface area (Å²) < 4.78 is 60.5. The van der Waals surface area contributed by atoms with E-state index in [1.54, 1.807) is 44.3 Å². The van der Waals surface area contributed by atoms with Crippen LogP contribution in [0.4, 0.5) is 28.0 Å². The Morgan fingerprint density at radius 3 is 2.64 bits per heavy atom. The smallest absolute Gasteiger partial charge is 0.379 e. The molecule has 3 heterocycles. The number of tetrazole rings is 1. The van der Waals surface area contributed by atoms with Gasteiger partial charge in [0.25, 0.3) is 0 Å². The van der Waals surface area contributed by atoms with Crippen LogP contribution in [0.3, 0.4) is 0 Å². The number of benzene rings is 2. The van der Waals surface area contributed by atoms with E-state index in [9.17, 15) is 27.2 Å². The molecule has 0 unspecified atom stereocenters. The maximum atomic E-state index is 13.6. The highest BCUT2D eigenvalue weighted by Gasteiger charge is 2.46. The Morgan fingerprint density at radius 1 is 1.16 bits per heavy atom. The van der Waals surface area contributed by atoms with Crippen LogP contribution in [0.5, 0.6) is 0 Å². The van der Waals surface area contributed by atoms with E-state index in [2.05, 4.69) is 25.7 Å². The number of hydrogen-bond donors (Lipinski definition) is 1. The lowest BCUT2D eigenvalue weighted by atomic mass is 9.89. The molecule has 3 aromatic rings. The summed E-state index contributed by atoms with van der Waals surface area (Å²) in [5.74, 6) is -2.42.